The first-order chi connectivity index (χ1) is 15.8. The summed E-state index contributed by atoms with van der Waals surface area (Å²) < 4.78 is 0. The van der Waals surface area contributed by atoms with Crippen molar-refractivity contribution in [2.75, 3.05) is 4.90 Å². The molecule has 6 nitrogen and oxygen atoms in total. The van der Waals surface area contributed by atoms with Crippen LogP contribution in [0.1, 0.15) is 41.4 Å². The number of nitrogens with zero attached hydrogens (tertiary/aromatic N) is 2. The second kappa shape index (κ2) is 7.45. The van der Waals surface area contributed by atoms with Gasteiger partial charge in [0, 0.05) is 34.4 Å². The topological polar surface area (TPSA) is 83.7 Å². The number of hydrogen-bond acceptors (Lipinski definition) is 4. The molecular weight excluding hydrogens is 416 g/mol. The zero-order chi connectivity index (χ0) is 23.3. The molecule has 1 unspecified atom stereocenters. The minimum absolute atomic E-state index is 0.0723. The van der Waals surface area contributed by atoms with Gasteiger partial charge in [0.2, 0.25) is 0 Å². The van der Waals surface area contributed by atoms with E-state index in [1.54, 1.807) is 11.0 Å². The molecule has 0 aliphatic carbocycles. The first kappa shape index (κ1) is 20.7. The molecule has 0 spiro atoms. The third kappa shape index (κ3) is 3.14. The van der Waals surface area contributed by atoms with Crippen LogP contribution in [0.3, 0.4) is 0 Å². The molecule has 1 aliphatic rings. The van der Waals surface area contributed by atoms with Gasteiger partial charge in [0.1, 0.15) is 5.75 Å². The van der Waals surface area contributed by atoms with Gasteiger partial charge in [-0.05, 0) is 40.6 Å². The predicted octanol–water partition coefficient (Wildman–Crippen LogP) is 6.13. The van der Waals surface area contributed by atoms with Gasteiger partial charge in [-0.25, -0.2) is 0 Å². The van der Waals surface area contributed by atoms with Gasteiger partial charge in [0.25, 0.3) is 11.6 Å². The lowest BCUT2D eigenvalue weighted by molar-refractivity contribution is -0.384. The van der Waals surface area contributed by atoms with E-state index in [0.717, 1.165) is 22.0 Å². The van der Waals surface area contributed by atoms with E-state index in [1.807, 2.05) is 54.6 Å². The molecule has 1 aliphatic heterocycles. The highest BCUT2D eigenvalue weighted by Gasteiger charge is 2.49. The second-order valence-corrected chi connectivity index (χ2v) is 8.84. The molecule has 0 bridgehead atoms. The number of phenolic OH excluding ortho intramolecular Hbond substituents is 1. The summed E-state index contributed by atoms with van der Waals surface area (Å²) in [4.78, 5) is 26.2. The number of non-ortho nitro benzene ring substituents is 1. The molecule has 4 aromatic rings. The van der Waals surface area contributed by atoms with Gasteiger partial charge in [0.15, 0.2) is 0 Å². The van der Waals surface area contributed by atoms with E-state index in [2.05, 4.69) is 13.8 Å². The largest absolute Gasteiger partial charge is 0.508 e. The van der Waals surface area contributed by atoms with Crippen molar-refractivity contribution in [3.63, 3.8) is 0 Å². The third-order valence-corrected chi connectivity index (χ3v) is 6.56. The van der Waals surface area contributed by atoms with Crippen LogP contribution >= 0.6 is 0 Å². The van der Waals surface area contributed by atoms with Crippen LogP contribution in [-0.4, -0.2) is 15.9 Å². The molecule has 164 valence electrons. The van der Waals surface area contributed by atoms with Crippen LogP contribution in [0.4, 0.5) is 11.4 Å². The summed E-state index contributed by atoms with van der Waals surface area (Å²) in [6.45, 7) is 4.14. The smallest absolute Gasteiger partial charge is 0.269 e. The van der Waals surface area contributed by atoms with Crippen molar-refractivity contribution >= 4 is 28.1 Å². The lowest BCUT2D eigenvalue weighted by Crippen LogP contribution is -2.38. The predicted molar refractivity (Wildman–Crippen MR) is 128 cm³/mol. The van der Waals surface area contributed by atoms with E-state index in [0.29, 0.717) is 11.1 Å². The highest BCUT2D eigenvalue weighted by atomic mass is 16.6. The molecule has 4 aromatic carbocycles. The number of benzene rings is 4. The van der Waals surface area contributed by atoms with E-state index in [-0.39, 0.29) is 17.3 Å². The number of carbonyl (C=O) groups is 1. The Morgan fingerprint density at radius 2 is 1.61 bits per heavy atom. The summed E-state index contributed by atoms with van der Waals surface area (Å²) in [7, 11) is 0. The van der Waals surface area contributed by atoms with E-state index in [4.69, 9.17) is 0 Å². The number of fused-ring (bicyclic) bond motifs is 2. The number of rotatable bonds is 3. The van der Waals surface area contributed by atoms with Gasteiger partial charge in [-0.3, -0.25) is 19.8 Å². The Morgan fingerprint density at radius 1 is 0.939 bits per heavy atom. The van der Waals surface area contributed by atoms with Gasteiger partial charge in [0.05, 0.1) is 11.0 Å². The fraction of sp³-hybridized carbons (Fsp3) is 0.148. The number of nitro benzene ring substituents is 1. The highest BCUT2D eigenvalue weighted by Crippen LogP contribution is 2.55. The van der Waals surface area contributed by atoms with Crippen molar-refractivity contribution in [1.29, 1.82) is 0 Å². The average Bonchev–Trinajstić information content (AvgIpc) is 3.05. The fourth-order valence-electron chi connectivity index (χ4n) is 4.99. The molecule has 1 N–H and O–H groups in total. The number of nitro groups is 1. The van der Waals surface area contributed by atoms with Gasteiger partial charge in [-0.2, -0.15) is 0 Å². The van der Waals surface area contributed by atoms with E-state index >= 15 is 0 Å². The summed E-state index contributed by atoms with van der Waals surface area (Å²) >= 11 is 0. The minimum Gasteiger partial charge on any atom is -0.508 e. The highest BCUT2D eigenvalue weighted by molar-refractivity contribution is 6.09. The second-order valence-electron chi connectivity index (χ2n) is 8.84. The van der Waals surface area contributed by atoms with Crippen LogP contribution in [0.2, 0.25) is 0 Å². The summed E-state index contributed by atoms with van der Waals surface area (Å²) in [5.41, 5.74) is 2.22. The first-order valence-corrected chi connectivity index (χ1v) is 10.7. The zero-order valence-corrected chi connectivity index (χ0v) is 18.2. The Hall–Kier alpha value is -4.19. The van der Waals surface area contributed by atoms with Crippen LogP contribution in [0.15, 0.2) is 84.9 Å². The molecule has 1 amide bonds. The number of para-hydroxylation sites is 1. The van der Waals surface area contributed by atoms with Crippen molar-refractivity contribution in [2.45, 2.75) is 25.3 Å². The number of phenols is 1. The first-order valence-electron chi connectivity index (χ1n) is 10.7. The summed E-state index contributed by atoms with van der Waals surface area (Å²) in [5.74, 6) is -0.152. The molecule has 6 heteroatoms. The monoisotopic (exact) mass is 438 g/mol. The van der Waals surface area contributed by atoms with Crippen molar-refractivity contribution in [1.82, 2.24) is 0 Å². The summed E-state index contributed by atoms with van der Waals surface area (Å²) in [5, 5.41) is 24.0. The van der Waals surface area contributed by atoms with Crippen molar-refractivity contribution < 1.29 is 14.8 Å². The standard InChI is InChI=1S/C27H22N2O4/c1-27(2)21-9-5-6-10-22(21)28(26(31)18-11-14-19(15-12-18)29(32)33)25(27)24-20-8-4-3-7-17(20)13-16-23(24)30/h3-16,25,30H,1-2H3. The number of hydrogen-bond donors (Lipinski definition) is 1. The molecule has 0 saturated carbocycles. The molecule has 33 heavy (non-hydrogen) atoms. The van der Waals surface area contributed by atoms with E-state index < -0.39 is 16.4 Å². The summed E-state index contributed by atoms with van der Waals surface area (Å²) in [6.07, 6.45) is 0. The van der Waals surface area contributed by atoms with E-state index in [1.165, 1.54) is 24.3 Å². The Balaban J connectivity index is 1.74. The Morgan fingerprint density at radius 3 is 2.33 bits per heavy atom. The number of amides is 1. The zero-order valence-electron chi connectivity index (χ0n) is 18.2. The van der Waals surface area contributed by atoms with Crippen molar-refractivity contribution in [3.8, 4) is 5.75 Å². The normalized spacial score (nSPS) is 16.5. The van der Waals surface area contributed by atoms with Gasteiger partial charge >= 0.3 is 0 Å². The molecule has 1 atom stereocenters. The maximum atomic E-state index is 13.9. The van der Waals surface area contributed by atoms with Crippen LogP contribution < -0.4 is 4.90 Å². The summed E-state index contributed by atoms with van der Waals surface area (Å²) in [6, 6.07) is 24.2. The van der Waals surface area contributed by atoms with Crippen LogP contribution in [0, 0.1) is 10.1 Å². The molecule has 0 saturated heterocycles. The molecule has 0 aromatic heterocycles. The molecule has 0 radical (unpaired) electrons. The van der Waals surface area contributed by atoms with Crippen LogP contribution in [0.25, 0.3) is 10.8 Å². The Bertz CT molecular complexity index is 1410. The fourth-order valence-corrected chi connectivity index (χ4v) is 4.99. The van der Waals surface area contributed by atoms with Crippen LogP contribution in [-0.2, 0) is 5.41 Å². The van der Waals surface area contributed by atoms with Gasteiger partial charge in [-0.1, -0.05) is 62.4 Å². The Kier molecular flexibility index (Phi) is 4.67. The van der Waals surface area contributed by atoms with Crippen molar-refractivity contribution in [2.24, 2.45) is 0 Å². The molecular formula is C27H22N2O4. The minimum atomic E-state index is -0.505. The molecule has 5 rings (SSSR count). The van der Waals surface area contributed by atoms with Gasteiger partial charge in [-0.15, -0.1) is 0 Å². The quantitative estimate of drug-likeness (QED) is 0.308. The maximum Gasteiger partial charge on any atom is 0.269 e. The van der Waals surface area contributed by atoms with Gasteiger partial charge < -0.3 is 5.11 Å². The SMILES string of the molecule is CC1(C)c2ccccc2N(C(=O)c2ccc([N+](=O)[O-])cc2)C1c1c(O)ccc2ccccc12. The Labute approximate surface area is 190 Å². The molecule has 1 heterocycles. The molecule has 0 fully saturated rings. The van der Waals surface area contributed by atoms with Crippen LogP contribution in [0.5, 0.6) is 5.75 Å². The lowest BCUT2D eigenvalue weighted by Gasteiger charge is -2.35. The lowest BCUT2D eigenvalue weighted by atomic mass is 9.76. The number of anilines is 1. The maximum absolute atomic E-state index is 13.9. The number of carbonyl (C=O) groups excluding carboxylic acids is 1. The average molecular weight is 438 g/mol. The third-order valence-electron chi connectivity index (χ3n) is 6.56. The number of aromatic hydroxyl groups is 1. The van der Waals surface area contributed by atoms with Crippen molar-refractivity contribution in [3.05, 3.63) is 112 Å². The van der Waals surface area contributed by atoms with E-state index in [9.17, 15) is 20.0 Å².